The first kappa shape index (κ1) is 11.0. The Balaban J connectivity index is 1.94. The van der Waals surface area contributed by atoms with E-state index in [-0.39, 0.29) is 23.9 Å². The standard InChI is InChI=1S/C12H13F2NO/c1-7-4-10(7)12(16)15-6-8-5-9(13)2-3-11(8)14/h2-3,5,7,10H,4,6H2,1H3,(H,15,16)/t7-,10+/m0/s1. The van der Waals surface area contributed by atoms with Crippen molar-refractivity contribution in [2.45, 2.75) is 19.9 Å². The van der Waals surface area contributed by atoms with Gasteiger partial charge in [-0.1, -0.05) is 6.92 Å². The largest absolute Gasteiger partial charge is 0.352 e. The number of hydrogen-bond acceptors (Lipinski definition) is 1. The van der Waals surface area contributed by atoms with Gasteiger partial charge in [0.15, 0.2) is 0 Å². The molecule has 1 aliphatic carbocycles. The molecular formula is C12H13F2NO. The minimum Gasteiger partial charge on any atom is -0.352 e. The maximum absolute atomic E-state index is 13.2. The van der Waals surface area contributed by atoms with Crippen molar-refractivity contribution in [3.63, 3.8) is 0 Å². The van der Waals surface area contributed by atoms with Crippen molar-refractivity contribution in [3.05, 3.63) is 35.4 Å². The van der Waals surface area contributed by atoms with E-state index in [0.717, 1.165) is 24.6 Å². The summed E-state index contributed by atoms with van der Waals surface area (Å²) in [6.07, 6.45) is 0.886. The van der Waals surface area contributed by atoms with Gasteiger partial charge >= 0.3 is 0 Å². The van der Waals surface area contributed by atoms with Crippen LogP contribution in [0.1, 0.15) is 18.9 Å². The van der Waals surface area contributed by atoms with E-state index in [0.29, 0.717) is 5.92 Å². The minimum absolute atomic E-state index is 0.0473. The Labute approximate surface area is 92.7 Å². The van der Waals surface area contributed by atoms with Crippen LogP contribution < -0.4 is 5.32 Å². The highest BCUT2D eigenvalue weighted by atomic mass is 19.1. The highest BCUT2D eigenvalue weighted by molar-refractivity contribution is 5.81. The van der Waals surface area contributed by atoms with Crippen molar-refractivity contribution in [1.29, 1.82) is 0 Å². The first-order valence-corrected chi connectivity index (χ1v) is 5.29. The van der Waals surface area contributed by atoms with Crippen molar-refractivity contribution in [1.82, 2.24) is 5.32 Å². The lowest BCUT2D eigenvalue weighted by Gasteiger charge is -2.05. The van der Waals surface area contributed by atoms with Crippen LogP contribution in [0.15, 0.2) is 18.2 Å². The average molecular weight is 225 g/mol. The predicted octanol–water partition coefficient (Wildman–Crippen LogP) is 2.24. The quantitative estimate of drug-likeness (QED) is 0.839. The summed E-state index contributed by atoms with van der Waals surface area (Å²) in [4.78, 5) is 11.5. The molecule has 2 rings (SSSR count). The van der Waals surface area contributed by atoms with E-state index < -0.39 is 11.6 Å². The molecule has 2 nitrogen and oxygen atoms in total. The van der Waals surface area contributed by atoms with E-state index >= 15 is 0 Å². The molecule has 0 saturated heterocycles. The molecule has 0 aromatic heterocycles. The highest BCUT2D eigenvalue weighted by Gasteiger charge is 2.38. The van der Waals surface area contributed by atoms with Crippen LogP contribution in [0.2, 0.25) is 0 Å². The smallest absolute Gasteiger partial charge is 0.223 e. The first-order chi connectivity index (χ1) is 7.58. The van der Waals surface area contributed by atoms with Gasteiger partial charge in [-0.3, -0.25) is 4.79 Å². The molecule has 1 aliphatic rings. The number of carbonyl (C=O) groups is 1. The Morgan fingerprint density at radius 1 is 1.50 bits per heavy atom. The van der Waals surface area contributed by atoms with Crippen LogP contribution >= 0.6 is 0 Å². The van der Waals surface area contributed by atoms with Crippen molar-refractivity contribution < 1.29 is 13.6 Å². The summed E-state index contributed by atoms with van der Waals surface area (Å²) in [6.45, 7) is 2.04. The zero-order valence-electron chi connectivity index (χ0n) is 8.97. The summed E-state index contributed by atoms with van der Waals surface area (Å²) in [5.41, 5.74) is 0.182. The van der Waals surface area contributed by atoms with Crippen LogP contribution in [0.25, 0.3) is 0 Å². The fourth-order valence-electron chi connectivity index (χ4n) is 1.68. The maximum atomic E-state index is 13.2. The van der Waals surface area contributed by atoms with Gasteiger partial charge in [-0.05, 0) is 30.5 Å². The van der Waals surface area contributed by atoms with Crippen molar-refractivity contribution >= 4 is 5.91 Å². The third-order valence-electron chi connectivity index (χ3n) is 2.91. The van der Waals surface area contributed by atoms with Crippen LogP contribution in [0.5, 0.6) is 0 Å². The zero-order chi connectivity index (χ0) is 11.7. The number of nitrogens with one attached hydrogen (secondary N) is 1. The number of benzene rings is 1. The lowest BCUT2D eigenvalue weighted by Crippen LogP contribution is -2.25. The SMILES string of the molecule is C[C@H]1C[C@H]1C(=O)NCc1cc(F)ccc1F. The molecule has 4 heteroatoms. The predicted molar refractivity (Wildman–Crippen MR) is 55.5 cm³/mol. The lowest BCUT2D eigenvalue weighted by atomic mass is 10.2. The second kappa shape index (κ2) is 4.20. The van der Waals surface area contributed by atoms with E-state index in [1.807, 2.05) is 6.92 Å². The molecule has 0 aliphatic heterocycles. The van der Waals surface area contributed by atoms with Gasteiger partial charge < -0.3 is 5.32 Å². The molecule has 0 heterocycles. The van der Waals surface area contributed by atoms with Gasteiger partial charge in [0, 0.05) is 18.0 Å². The second-order valence-electron chi connectivity index (χ2n) is 4.27. The average Bonchev–Trinajstić information content (AvgIpc) is 2.97. The monoisotopic (exact) mass is 225 g/mol. The van der Waals surface area contributed by atoms with Crippen LogP contribution in [0.4, 0.5) is 8.78 Å². The van der Waals surface area contributed by atoms with Crippen LogP contribution in [0, 0.1) is 23.5 Å². The molecule has 1 amide bonds. The third-order valence-corrected chi connectivity index (χ3v) is 2.91. The van der Waals surface area contributed by atoms with Crippen molar-refractivity contribution in [2.75, 3.05) is 0 Å². The number of hydrogen-bond donors (Lipinski definition) is 1. The van der Waals surface area contributed by atoms with Gasteiger partial charge in [0.1, 0.15) is 11.6 Å². The van der Waals surface area contributed by atoms with Gasteiger partial charge in [0.05, 0.1) is 0 Å². The van der Waals surface area contributed by atoms with Crippen molar-refractivity contribution in [3.8, 4) is 0 Å². The molecule has 0 unspecified atom stereocenters. The second-order valence-corrected chi connectivity index (χ2v) is 4.27. The van der Waals surface area contributed by atoms with E-state index in [2.05, 4.69) is 5.32 Å². The Kier molecular flexibility index (Phi) is 2.90. The summed E-state index contributed by atoms with van der Waals surface area (Å²) in [5, 5.41) is 2.61. The van der Waals surface area contributed by atoms with Crippen LogP contribution in [0.3, 0.4) is 0 Å². The van der Waals surface area contributed by atoms with E-state index in [1.165, 1.54) is 0 Å². The van der Waals surface area contributed by atoms with Crippen LogP contribution in [-0.2, 0) is 11.3 Å². The Morgan fingerprint density at radius 2 is 2.19 bits per heavy atom. The molecule has 16 heavy (non-hydrogen) atoms. The lowest BCUT2D eigenvalue weighted by molar-refractivity contribution is -0.122. The summed E-state index contributed by atoms with van der Waals surface area (Å²) < 4.78 is 26.0. The summed E-state index contributed by atoms with van der Waals surface area (Å²) in [6, 6.07) is 3.23. The van der Waals surface area contributed by atoms with Crippen molar-refractivity contribution in [2.24, 2.45) is 11.8 Å². The molecule has 0 spiro atoms. The van der Waals surface area contributed by atoms with Crippen LogP contribution in [-0.4, -0.2) is 5.91 Å². The number of carbonyl (C=O) groups excluding carboxylic acids is 1. The summed E-state index contributed by atoms with van der Waals surface area (Å²) in [5.74, 6) is -0.596. The van der Waals surface area contributed by atoms with Gasteiger partial charge in [-0.15, -0.1) is 0 Å². The topological polar surface area (TPSA) is 29.1 Å². The van der Waals surface area contributed by atoms with E-state index in [4.69, 9.17) is 0 Å². The molecule has 0 bridgehead atoms. The molecule has 1 aromatic rings. The molecule has 1 saturated carbocycles. The molecule has 1 fully saturated rings. The number of halogens is 2. The van der Waals surface area contributed by atoms with E-state index in [9.17, 15) is 13.6 Å². The molecule has 1 aromatic carbocycles. The minimum atomic E-state index is -0.495. The van der Waals surface area contributed by atoms with Gasteiger partial charge in [0.2, 0.25) is 5.91 Å². The van der Waals surface area contributed by atoms with Gasteiger partial charge in [0.25, 0.3) is 0 Å². The fraction of sp³-hybridized carbons (Fsp3) is 0.417. The highest BCUT2D eigenvalue weighted by Crippen LogP contribution is 2.37. The molecule has 0 radical (unpaired) electrons. The Hall–Kier alpha value is -1.45. The Morgan fingerprint density at radius 3 is 2.81 bits per heavy atom. The third kappa shape index (κ3) is 2.38. The van der Waals surface area contributed by atoms with E-state index in [1.54, 1.807) is 0 Å². The first-order valence-electron chi connectivity index (χ1n) is 5.29. The molecule has 2 atom stereocenters. The van der Waals surface area contributed by atoms with Gasteiger partial charge in [-0.25, -0.2) is 8.78 Å². The number of rotatable bonds is 3. The zero-order valence-corrected chi connectivity index (χ0v) is 8.97. The molecule has 1 N–H and O–H groups in total. The van der Waals surface area contributed by atoms with Gasteiger partial charge in [-0.2, -0.15) is 0 Å². The Bertz CT molecular complexity index is 419. The normalized spacial score (nSPS) is 22.9. The summed E-state index contributed by atoms with van der Waals surface area (Å²) in [7, 11) is 0. The maximum Gasteiger partial charge on any atom is 0.223 e. The molecular weight excluding hydrogens is 212 g/mol. The fourth-order valence-corrected chi connectivity index (χ4v) is 1.68. The number of amides is 1. The summed E-state index contributed by atoms with van der Waals surface area (Å²) >= 11 is 0. The molecule has 86 valence electrons.